The van der Waals surface area contributed by atoms with Crippen molar-refractivity contribution in [2.75, 3.05) is 6.61 Å². The van der Waals surface area contributed by atoms with Crippen LogP contribution in [0.25, 0.3) is 10.8 Å². The molecule has 0 radical (unpaired) electrons. The first-order valence-electron chi connectivity index (χ1n) is 9.76. The Labute approximate surface area is 160 Å². The molecule has 3 heteroatoms. The van der Waals surface area contributed by atoms with Gasteiger partial charge in [-0.15, -0.1) is 0 Å². The van der Waals surface area contributed by atoms with Crippen molar-refractivity contribution in [3.05, 3.63) is 78.4 Å². The van der Waals surface area contributed by atoms with Gasteiger partial charge < -0.3 is 10.1 Å². The topological polar surface area (TPSA) is 38.3 Å². The molecule has 1 N–H and O–H groups in total. The van der Waals surface area contributed by atoms with Crippen LogP contribution in [0.1, 0.15) is 37.3 Å². The SMILES string of the molecule is O=C(COc1cccc2ccccc12)N[C@@H](c1ccccc1)C1CCCC1. The van der Waals surface area contributed by atoms with E-state index in [1.165, 1.54) is 31.2 Å². The number of fused-ring (bicyclic) bond motifs is 1. The first-order chi connectivity index (χ1) is 13.3. The van der Waals surface area contributed by atoms with Gasteiger partial charge in [0.15, 0.2) is 6.61 Å². The highest BCUT2D eigenvalue weighted by molar-refractivity contribution is 5.88. The van der Waals surface area contributed by atoms with Gasteiger partial charge in [0.1, 0.15) is 5.75 Å². The number of carbonyl (C=O) groups is 1. The average molecular weight is 359 g/mol. The average Bonchev–Trinajstić information content (AvgIpc) is 3.25. The highest BCUT2D eigenvalue weighted by Crippen LogP contribution is 2.35. The van der Waals surface area contributed by atoms with E-state index in [1.807, 2.05) is 60.7 Å². The molecule has 0 heterocycles. The van der Waals surface area contributed by atoms with E-state index in [0.717, 1.165) is 16.5 Å². The third kappa shape index (κ3) is 4.13. The third-order valence-corrected chi connectivity index (χ3v) is 5.45. The van der Waals surface area contributed by atoms with Gasteiger partial charge in [0.2, 0.25) is 0 Å². The summed E-state index contributed by atoms with van der Waals surface area (Å²) in [7, 11) is 0. The second kappa shape index (κ2) is 8.26. The normalized spacial score (nSPS) is 15.6. The molecule has 0 saturated heterocycles. The molecule has 4 rings (SSSR count). The van der Waals surface area contributed by atoms with E-state index >= 15 is 0 Å². The van der Waals surface area contributed by atoms with Gasteiger partial charge >= 0.3 is 0 Å². The highest BCUT2D eigenvalue weighted by Gasteiger charge is 2.27. The maximum Gasteiger partial charge on any atom is 0.258 e. The van der Waals surface area contributed by atoms with Gasteiger partial charge in [0, 0.05) is 5.39 Å². The minimum absolute atomic E-state index is 0.0318. The third-order valence-electron chi connectivity index (χ3n) is 5.45. The fourth-order valence-electron chi connectivity index (χ4n) is 4.10. The van der Waals surface area contributed by atoms with Crippen molar-refractivity contribution in [1.82, 2.24) is 5.32 Å². The number of carbonyl (C=O) groups excluding carboxylic acids is 1. The standard InChI is InChI=1S/C24H25NO2/c26-23(17-27-22-16-8-14-18-9-6-7-15-21(18)22)25-24(20-12-4-5-13-20)19-10-2-1-3-11-19/h1-3,6-11,14-16,20,24H,4-5,12-13,17H2,(H,25,26)/t24-/m0/s1. The smallest absolute Gasteiger partial charge is 0.258 e. The molecule has 1 aliphatic carbocycles. The molecule has 3 aromatic carbocycles. The zero-order valence-corrected chi connectivity index (χ0v) is 15.4. The van der Waals surface area contributed by atoms with Crippen molar-refractivity contribution in [3.8, 4) is 5.75 Å². The lowest BCUT2D eigenvalue weighted by Gasteiger charge is -2.25. The Bertz CT molecular complexity index is 895. The number of rotatable bonds is 6. The second-order valence-corrected chi connectivity index (χ2v) is 7.27. The van der Waals surface area contributed by atoms with Gasteiger partial charge in [0.05, 0.1) is 6.04 Å². The Balaban J connectivity index is 1.45. The quantitative estimate of drug-likeness (QED) is 0.651. The minimum atomic E-state index is -0.0660. The van der Waals surface area contributed by atoms with Gasteiger partial charge in [-0.1, -0.05) is 79.6 Å². The van der Waals surface area contributed by atoms with Crippen LogP contribution >= 0.6 is 0 Å². The first kappa shape index (κ1) is 17.6. The van der Waals surface area contributed by atoms with Gasteiger partial charge in [-0.05, 0) is 35.8 Å². The predicted octanol–water partition coefficient (Wildman–Crippen LogP) is 5.27. The van der Waals surface area contributed by atoms with Crippen LogP contribution in [0.15, 0.2) is 72.8 Å². The minimum Gasteiger partial charge on any atom is -0.483 e. The summed E-state index contributed by atoms with van der Waals surface area (Å²) < 4.78 is 5.87. The van der Waals surface area contributed by atoms with Crippen molar-refractivity contribution in [2.45, 2.75) is 31.7 Å². The molecule has 1 fully saturated rings. The van der Waals surface area contributed by atoms with Crippen LogP contribution in [-0.2, 0) is 4.79 Å². The maximum absolute atomic E-state index is 12.7. The molecule has 138 valence electrons. The van der Waals surface area contributed by atoms with Gasteiger partial charge in [-0.25, -0.2) is 0 Å². The van der Waals surface area contributed by atoms with Crippen LogP contribution in [0.2, 0.25) is 0 Å². The van der Waals surface area contributed by atoms with E-state index in [1.54, 1.807) is 0 Å². The first-order valence-corrected chi connectivity index (χ1v) is 9.76. The molecular formula is C24H25NO2. The van der Waals surface area contributed by atoms with Crippen molar-refractivity contribution in [1.29, 1.82) is 0 Å². The number of hydrogen-bond acceptors (Lipinski definition) is 2. The summed E-state index contributed by atoms with van der Waals surface area (Å²) >= 11 is 0. The molecule has 1 atom stereocenters. The Morgan fingerprint density at radius 2 is 1.63 bits per heavy atom. The molecule has 1 aliphatic rings. The molecule has 3 nitrogen and oxygen atoms in total. The lowest BCUT2D eigenvalue weighted by molar-refractivity contribution is -0.124. The van der Waals surface area contributed by atoms with Crippen LogP contribution in [0.4, 0.5) is 0 Å². The molecule has 3 aromatic rings. The van der Waals surface area contributed by atoms with Gasteiger partial charge in [-0.2, -0.15) is 0 Å². The van der Waals surface area contributed by atoms with Crippen molar-refractivity contribution < 1.29 is 9.53 Å². The van der Waals surface area contributed by atoms with Crippen LogP contribution in [0.3, 0.4) is 0 Å². The van der Waals surface area contributed by atoms with E-state index in [9.17, 15) is 4.79 Å². The predicted molar refractivity (Wildman–Crippen MR) is 109 cm³/mol. The fourth-order valence-corrected chi connectivity index (χ4v) is 4.10. The number of nitrogens with one attached hydrogen (secondary N) is 1. The second-order valence-electron chi connectivity index (χ2n) is 7.27. The van der Waals surface area contributed by atoms with Crippen molar-refractivity contribution in [3.63, 3.8) is 0 Å². The number of benzene rings is 3. The molecule has 0 spiro atoms. The summed E-state index contributed by atoms with van der Waals surface area (Å²) in [6, 6.07) is 24.4. The number of hydrogen-bond donors (Lipinski definition) is 1. The largest absolute Gasteiger partial charge is 0.483 e. The number of amides is 1. The molecule has 1 amide bonds. The van der Waals surface area contributed by atoms with Crippen molar-refractivity contribution in [2.24, 2.45) is 5.92 Å². The summed E-state index contributed by atoms with van der Waals surface area (Å²) in [5.41, 5.74) is 1.18. The summed E-state index contributed by atoms with van der Waals surface area (Å²) in [5.74, 6) is 1.19. The summed E-state index contributed by atoms with van der Waals surface area (Å²) in [6.07, 6.45) is 4.83. The van der Waals surface area contributed by atoms with Gasteiger partial charge in [-0.3, -0.25) is 4.79 Å². The summed E-state index contributed by atoms with van der Waals surface area (Å²) in [5, 5.41) is 5.37. The lowest BCUT2D eigenvalue weighted by atomic mass is 9.91. The van der Waals surface area contributed by atoms with Gasteiger partial charge in [0.25, 0.3) is 5.91 Å². The Kier molecular flexibility index (Phi) is 5.38. The van der Waals surface area contributed by atoms with Crippen LogP contribution in [-0.4, -0.2) is 12.5 Å². The molecule has 0 aromatic heterocycles. The van der Waals surface area contributed by atoms with Crippen LogP contribution in [0, 0.1) is 5.92 Å². The molecule has 0 bridgehead atoms. The van der Waals surface area contributed by atoms with Crippen LogP contribution in [0.5, 0.6) is 5.75 Å². The van der Waals surface area contributed by atoms with Crippen molar-refractivity contribution >= 4 is 16.7 Å². The van der Waals surface area contributed by atoms with E-state index < -0.39 is 0 Å². The Morgan fingerprint density at radius 1 is 0.926 bits per heavy atom. The molecule has 1 saturated carbocycles. The zero-order chi connectivity index (χ0) is 18.5. The van der Waals surface area contributed by atoms with E-state index in [4.69, 9.17) is 4.74 Å². The molecule has 0 aliphatic heterocycles. The molecule has 0 unspecified atom stereocenters. The highest BCUT2D eigenvalue weighted by atomic mass is 16.5. The maximum atomic E-state index is 12.7. The molecule has 27 heavy (non-hydrogen) atoms. The van der Waals surface area contributed by atoms with E-state index in [0.29, 0.717) is 5.92 Å². The Morgan fingerprint density at radius 3 is 2.44 bits per heavy atom. The van der Waals surface area contributed by atoms with E-state index in [2.05, 4.69) is 17.4 Å². The summed E-state index contributed by atoms with van der Waals surface area (Å²) in [4.78, 5) is 12.7. The monoisotopic (exact) mass is 359 g/mol. The fraction of sp³-hybridized carbons (Fsp3) is 0.292. The summed E-state index contributed by atoms with van der Waals surface area (Å²) in [6.45, 7) is 0.0318. The van der Waals surface area contributed by atoms with Crippen LogP contribution < -0.4 is 10.1 Å². The Hall–Kier alpha value is -2.81. The number of ether oxygens (including phenoxy) is 1. The zero-order valence-electron chi connectivity index (χ0n) is 15.4. The molecular weight excluding hydrogens is 334 g/mol. The van der Waals surface area contributed by atoms with E-state index in [-0.39, 0.29) is 18.6 Å². The lowest BCUT2D eigenvalue weighted by Crippen LogP contribution is -2.35.